The van der Waals surface area contributed by atoms with Crippen LogP contribution < -0.4 is 0 Å². The number of nitrogens with zero attached hydrogens (tertiary/aromatic N) is 1. The summed E-state index contributed by atoms with van der Waals surface area (Å²) in [6.45, 7) is 7.00. The molecular formula is C27H45NO2. The van der Waals surface area contributed by atoms with Gasteiger partial charge in [-0.3, -0.25) is 4.99 Å². The van der Waals surface area contributed by atoms with Crippen molar-refractivity contribution in [3.63, 3.8) is 0 Å². The summed E-state index contributed by atoms with van der Waals surface area (Å²) >= 11 is 0. The summed E-state index contributed by atoms with van der Waals surface area (Å²) in [5.41, 5.74) is 1.23. The number of ether oxygens (including phenoxy) is 2. The number of unbranched alkanes of at least 4 members (excludes halogenated alkanes) is 11. The third-order valence-electron chi connectivity index (χ3n) is 5.93. The molecule has 1 heterocycles. The van der Waals surface area contributed by atoms with Crippen molar-refractivity contribution >= 4 is 6.21 Å². The lowest BCUT2D eigenvalue weighted by molar-refractivity contribution is -0.142. The fourth-order valence-electron chi connectivity index (χ4n) is 4.24. The lowest BCUT2D eigenvalue weighted by Gasteiger charge is -2.16. The summed E-state index contributed by atoms with van der Waals surface area (Å²) < 4.78 is 12.2. The third-order valence-corrected chi connectivity index (χ3v) is 5.93. The molecule has 0 bridgehead atoms. The van der Waals surface area contributed by atoms with Crippen LogP contribution in [0.5, 0.6) is 0 Å². The minimum absolute atomic E-state index is 0.0311. The van der Waals surface area contributed by atoms with Gasteiger partial charge in [0.25, 0.3) is 0 Å². The second-order valence-electron chi connectivity index (χ2n) is 9.29. The molecule has 3 nitrogen and oxygen atoms in total. The maximum absolute atomic E-state index is 6.15. The summed E-state index contributed by atoms with van der Waals surface area (Å²) in [7, 11) is 0. The Balaban J connectivity index is 1.55. The van der Waals surface area contributed by atoms with Crippen molar-refractivity contribution < 1.29 is 9.47 Å². The van der Waals surface area contributed by atoms with E-state index in [9.17, 15) is 0 Å². The fourth-order valence-corrected chi connectivity index (χ4v) is 4.24. The molecule has 2 atom stereocenters. The highest BCUT2D eigenvalue weighted by atomic mass is 16.7. The smallest absolute Gasteiger partial charge is 0.164 e. The fraction of sp³-hybridized carbons (Fsp3) is 0.741. The van der Waals surface area contributed by atoms with Gasteiger partial charge in [0.2, 0.25) is 0 Å². The topological polar surface area (TPSA) is 30.8 Å². The van der Waals surface area contributed by atoms with E-state index in [4.69, 9.17) is 9.47 Å². The van der Waals surface area contributed by atoms with Gasteiger partial charge in [0, 0.05) is 6.21 Å². The molecule has 3 heteroatoms. The Labute approximate surface area is 185 Å². The van der Waals surface area contributed by atoms with E-state index >= 15 is 0 Å². The maximum atomic E-state index is 6.15. The Morgan fingerprint density at radius 2 is 1.37 bits per heavy atom. The minimum Gasteiger partial charge on any atom is -0.344 e. The molecule has 0 saturated carbocycles. The normalized spacial score (nSPS) is 20.9. The molecule has 2 rings (SSSR count). The van der Waals surface area contributed by atoms with Gasteiger partial charge >= 0.3 is 0 Å². The van der Waals surface area contributed by atoms with E-state index in [0.29, 0.717) is 6.54 Å². The van der Waals surface area contributed by atoms with E-state index in [1.807, 2.05) is 26.1 Å². The van der Waals surface area contributed by atoms with Crippen LogP contribution in [0.4, 0.5) is 0 Å². The van der Waals surface area contributed by atoms with Crippen LogP contribution in [-0.4, -0.2) is 24.2 Å². The van der Waals surface area contributed by atoms with Crippen molar-refractivity contribution in [1.29, 1.82) is 0 Å². The summed E-state index contributed by atoms with van der Waals surface area (Å²) in [6.07, 6.45) is 19.6. The minimum atomic E-state index is -0.509. The van der Waals surface area contributed by atoms with Gasteiger partial charge in [-0.05, 0) is 25.8 Å². The molecule has 0 aromatic heterocycles. The van der Waals surface area contributed by atoms with Crippen LogP contribution in [-0.2, 0) is 16.0 Å². The van der Waals surface area contributed by atoms with Crippen molar-refractivity contribution in [2.45, 2.75) is 129 Å². The lowest BCUT2D eigenvalue weighted by atomic mass is 10.0. The molecule has 30 heavy (non-hydrogen) atoms. The van der Waals surface area contributed by atoms with Crippen LogP contribution in [0, 0.1) is 0 Å². The standard InChI is InChI=1S/C27H45NO2/c1-4-5-6-7-8-9-10-11-12-13-14-18-21-25-26(30-27(2,3)29-25)23-28-22-24-19-16-15-17-20-24/h15-17,19-20,23,25-26H,4-14,18,21-22H2,1-3H3/t25-,26-/m0/s1. The molecule has 1 aromatic rings. The summed E-state index contributed by atoms with van der Waals surface area (Å²) in [5.74, 6) is -0.509. The maximum Gasteiger partial charge on any atom is 0.164 e. The second-order valence-corrected chi connectivity index (χ2v) is 9.29. The molecule has 0 amide bonds. The Kier molecular flexibility index (Phi) is 12.3. The first kappa shape index (κ1) is 25.1. The average Bonchev–Trinajstić information content (AvgIpc) is 3.03. The van der Waals surface area contributed by atoms with Crippen molar-refractivity contribution in [1.82, 2.24) is 0 Å². The Hall–Kier alpha value is -1.19. The van der Waals surface area contributed by atoms with E-state index in [-0.39, 0.29) is 12.2 Å². The van der Waals surface area contributed by atoms with E-state index in [1.165, 1.54) is 82.6 Å². The number of rotatable bonds is 16. The van der Waals surface area contributed by atoms with Gasteiger partial charge in [-0.1, -0.05) is 114 Å². The Bertz CT molecular complexity index is 569. The van der Waals surface area contributed by atoms with Crippen LogP contribution in [0.25, 0.3) is 0 Å². The van der Waals surface area contributed by atoms with Crippen LogP contribution in [0.2, 0.25) is 0 Å². The van der Waals surface area contributed by atoms with E-state index in [2.05, 4.69) is 36.2 Å². The molecule has 1 aliphatic heterocycles. The summed E-state index contributed by atoms with van der Waals surface area (Å²) in [4.78, 5) is 4.62. The molecule has 0 radical (unpaired) electrons. The van der Waals surface area contributed by atoms with Gasteiger partial charge < -0.3 is 9.47 Å². The molecule has 1 saturated heterocycles. The van der Waals surface area contributed by atoms with Crippen LogP contribution >= 0.6 is 0 Å². The van der Waals surface area contributed by atoms with Crippen molar-refractivity contribution in [2.75, 3.05) is 0 Å². The number of benzene rings is 1. The van der Waals surface area contributed by atoms with Gasteiger partial charge in [-0.2, -0.15) is 0 Å². The van der Waals surface area contributed by atoms with Gasteiger partial charge in [0.05, 0.1) is 12.6 Å². The summed E-state index contributed by atoms with van der Waals surface area (Å²) in [6, 6.07) is 10.4. The van der Waals surface area contributed by atoms with Crippen molar-refractivity contribution in [3.05, 3.63) is 35.9 Å². The van der Waals surface area contributed by atoms with Gasteiger partial charge in [-0.15, -0.1) is 0 Å². The first-order chi connectivity index (χ1) is 14.6. The van der Waals surface area contributed by atoms with Gasteiger partial charge in [0.1, 0.15) is 6.10 Å². The molecule has 0 N–H and O–H groups in total. The highest BCUT2D eigenvalue weighted by Gasteiger charge is 2.39. The van der Waals surface area contributed by atoms with Crippen molar-refractivity contribution in [2.24, 2.45) is 4.99 Å². The molecule has 0 spiro atoms. The molecule has 1 fully saturated rings. The first-order valence-corrected chi connectivity index (χ1v) is 12.5. The molecule has 170 valence electrons. The predicted molar refractivity (Wildman–Crippen MR) is 128 cm³/mol. The zero-order valence-corrected chi connectivity index (χ0v) is 19.8. The molecular weight excluding hydrogens is 370 g/mol. The lowest BCUT2D eigenvalue weighted by Crippen LogP contribution is -2.24. The molecule has 0 aliphatic carbocycles. The molecule has 0 unspecified atom stereocenters. The van der Waals surface area contributed by atoms with Crippen molar-refractivity contribution in [3.8, 4) is 0 Å². The Morgan fingerprint density at radius 1 is 0.800 bits per heavy atom. The van der Waals surface area contributed by atoms with Crippen LogP contribution in [0.3, 0.4) is 0 Å². The quantitative estimate of drug-likeness (QED) is 0.203. The van der Waals surface area contributed by atoms with Gasteiger partial charge in [-0.25, -0.2) is 0 Å². The number of hydrogen-bond acceptors (Lipinski definition) is 3. The van der Waals surface area contributed by atoms with Gasteiger partial charge in [0.15, 0.2) is 5.79 Å². The highest BCUT2D eigenvalue weighted by Crippen LogP contribution is 2.30. The predicted octanol–water partition coefficient (Wildman–Crippen LogP) is 7.87. The molecule has 1 aromatic carbocycles. The Morgan fingerprint density at radius 3 is 1.97 bits per heavy atom. The largest absolute Gasteiger partial charge is 0.344 e. The number of hydrogen-bond donors (Lipinski definition) is 0. The molecule has 1 aliphatic rings. The first-order valence-electron chi connectivity index (χ1n) is 12.5. The van der Waals surface area contributed by atoms with E-state index < -0.39 is 5.79 Å². The third kappa shape index (κ3) is 10.7. The number of aliphatic imine (C=N–C) groups is 1. The van der Waals surface area contributed by atoms with E-state index in [0.717, 1.165) is 6.42 Å². The zero-order valence-electron chi connectivity index (χ0n) is 19.8. The van der Waals surface area contributed by atoms with E-state index in [1.54, 1.807) is 0 Å². The SMILES string of the molecule is CCCCCCCCCCCCCC[C@@H]1OC(C)(C)O[C@H]1C=NCc1ccccc1. The van der Waals surface area contributed by atoms with Crippen LogP contribution in [0.15, 0.2) is 35.3 Å². The monoisotopic (exact) mass is 415 g/mol. The highest BCUT2D eigenvalue weighted by molar-refractivity contribution is 5.64. The average molecular weight is 416 g/mol. The summed E-state index contributed by atoms with van der Waals surface area (Å²) in [5, 5.41) is 0. The van der Waals surface area contributed by atoms with Crippen LogP contribution in [0.1, 0.15) is 110 Å². The second kappa shape index (κ2) is 14.8. The zero-order chi connectivity index (χ0) is 21.5.